The summed E-state index contributed by atoms with van der Waals surface area (Å²) in [4.78, 5) is 31.4. The third-order valence-electron chi connectivity index (χ3n) is 4.92. The number of nitrogens with one attached hydrogen (secondary N) is 1. The number of hydrogen-bond donors (Lipinski definition) is 1. The molecular weight excluding hydrogens is 344 g/mol. The average Bonchev–Trinajstić information content (AvgIpc) is 3.25. The summed E-state index contributed by atoms with van der Waals surface area (Å²) >= 11 is 0. The molecule has 0 saturated carbocycles. The van der Waals surface area contributed by atoms with Crippen LogP contribution in [-0.4, -0.2) is 49.3 Å². The number of aryl methyl sites for hydroxylation is 1. The lowest BCUT2D eigenvalue weighted by atomic mass is 10.2. The standard InChI is InChI=1S/C19H22N6O2/c1-23-18-16(9-21-23)19(27)25(13-20-18)12-17(26)22-15-7-8-24(11-15)10-14-5-3-2-4-6-14/h2-6,9,13,15H,7-8,10-12H2,1H3,(H,22,26)/t15-/m0/s1. The fourth-order valence-corrected chi connectivity index (χ4v) is 3.54. The molecule has 140 valence electrons. The molecule has 0 spiro atoms. The van der Waals surface area contributed by atoms with Crippen LogP contribution in [0.3, 0.4) is 0 Å². The van der Waals surface area contributed by atoms with Crippen molar-refractivity contribution >= 4 is 16.9 Å². The van der Waals surface area contributed by atoms with E-state index in [0.29, 0.717) is 11.0 Å². The van der Waals surface area contributed by atoms with Crippen molar-refractivity contribution in [2.24, 2.45) is 7.05 Å². The Labute approximate surface area is 156 Å². The minimum absolute atomic E-state index is 0.0359. The number of carbonyl (C=O) groups excluding carboxylic acids is 1. The zero-order valence-electron chi connectivity index (χ0n) is 15.2. The van der Waals surface area contributed by atoms with E-state index in [2.05, 4.69) is 32.4 Å². The van der Waals surface area contributed by atoms with Crippen molar-refractivity contribution in [3.05, 3.63) is 58.8 Å². The number of fused-ring (bicyclic) bond motifs is 1. The van der Waals surface area contributed by atoms with E-state index in [1.54, 1.807) is 11.7 Å². The van der Waals surface area contributed by atoms with Gasteiger partial charge in [0, 0.05) is 32.7 Å². The Morgan fingerprint density at radius 2 is 2.11 bits per heavy atom. The van der Waals surface area contributed by atoms with E-state index in [4.69, 9.17) is 0 Å². The largest absolute Gasteiger partial charge is 0.350 e. The van der Waals surface area contributed by atoms with Gasteiger partial charge in [-0.2, -0.15) is 5.10 Å². The highest BCUT2D eigenvalue weighted by atomic mass is 16.2. The molecule has 3 aromatic rings. The summed E-state index contributed by atoms with van der Waals surface area (Å²) in [5, 5.41) is 7.49. The highest BCUT2D eigenvalue weighted by molar-refractivity contribution is 5.77. The molecule has 1 aliphatic heterocycles. The number of rotatable bonds is 5. The first-order valence-electron chi connectivity index (χ1n) is 9.03. The van der Waals surface area contributed by atoms with E-state index >= 15 is 0 Å². The van der Waals surface area contributed by atoms with Gasteiger partial charge in [0.05, 0.1) is 6.20 Å². The molecule has 0 bridgehead atoms. The first-order chi connectivity index (χ1) is 13.1. The van der Waals surface area contributed by atoms with Gasteiger partial charge in [0.2, 0.25) is 5.91 Å². The first kappa shape index (κ1) is 17.4. The molecular formula is C19H22N6O2. The number of carbonyl (C=O) groups is 1. The molecule has 1 fully saturated rings. The second-order valence-electron chi connectivity index (χ2n) is 6.96. The van der Waals surface area contributed by atoms with Crippen molar-refractivity contribution < 1.29 is 4.79 Å². The van der Waals surface area contributed by atoms with E-state index in [-0.39, 0.29) is 24.1 Å². The van der Waals surface area contributed by atoms with Crippen LogP contribution in [0.4, 0.5) is 0 Å². The minimum Gasteiger partial charge on any atom is -0.350 e. The minimum atomic E-state index is -0.250. The summed E-state index contributed by atoms with van der Waals surface area (Å²) in [7, 11) is 1.73. The molecule has 1 amide bonds. The summed E-state index contributed by atoms with van der Waals surface area (Å²) < 4.78 is 2.87. The first-order valence-corrected chi connectivity index (χ1v) is 9.03. The van der Waals surface area contributed by atoms with Crippen LogP contribution in [0.25, 0.3) is 11.0 Å². The van der Waals surface area contributed by atoms with Crippen LogP contribution in [0.5, 0.6) is 0 Å². The van der Waals surface area contributed by atoms with Gasteiger partial charge in [-0.15, -0.1) is 0 Å². The van der Waals surface area contributed by atoms with Crippen molar-refractivity contribution in [3.63, 3.8) is 0 Å². The molecule has 8 nitrogen and oxygen atoms in total. The second kappa shape index (κ2) is 7.32. The Hall–Kier alpha value is -3.00. The highest BCUT2D eigenvalue weighted by Crippen LogP contribution is 2.13. The lowest BCUT2D eigenvalue weighted by Gasteiger charge is -2.17. The number of aromatic nitrogens is 4. The third kappa shape index (κ3) is 3.75. The van der Waals surface area contributed by atoms with Gasteiger partial charge in [0.15, 0.2) is 5.65 Å². The van der Waals surface area contributed by atoms with Crippen LogP contribution < -0.4 is 10.9 Å². The van der Waals surface area contributed by atoms with Crippen LogP contribution in [-0.2, 0) is 24.9 Å². The average molecular weight is 366 g/mol. The van der Waals surface area contributed by atoms with Crippen molar-refractivity contribution in [3.8, 4) is 0 Å². The summed E-state index contributed by atoms with van der Waals surface area (Å²) in [5.41, 5.74) is 1.54. The Balaban J connectivity index is 1.35. The smallest absolute Gasteiger partial charge is 0.264 e. The molecule has 1 aromatic carbocycles. The molecule has 1 aliphatic rings. The summed E-state index contributed by atoms with van der Waals surface area (Å²) in [6, 6.07) is 10.4. The van der Waals surface area contributed by atoms with Gasteiger partial charge in [-0.3, -0.25) is 23.7 Å². The van der Waals surface area contributed by atoms with Crippen LogP contribution in [0.15, 0.2) is 47.7 Å². The number of likely N-dealkylation sites (tertiary alicyclic amines) is 1. The number of hydrogen-bond acceptors (Lipinski definition) is 5. The third-order valence-corrected chi connectivity index (χ3v) is 4.92. The molecule has 27 heavy (non-hydrogen) atoms. The van der Waals surface area contributed by atoms with Gasteiger partial charge in [0.25, 0.3) is 5.56 Å². The zero-order valence-corrected chi connectivity index (χ0v) is 15.2. The van der Waals surface area contributed by atoms with E-state index in [1.165, 1.54) is 22.7 Å². The number of amides is 1. The Kier molecular flexibility index (Phi) is 4.72. The maximum absolute atomic E-state index is 12.5. The van der Waals surface area contributed by atoms with Gasteiger partial charge in [-0.05, 0) is 12.0 Å². The number of benzene rings is 1. The molecule has 8 heteroatoms. The summed E-state index contributed by atoms with van der Waals surface area (Å²) in [6.07, 6.45) is 3.80. The van der Waals surface area contributed by atoms with E-state index < -0.39 is 0 Å². The van der Waals surface area contributed by atoms with E-state index in [1.807, 2.05) is 18.2 Å². The van der Waals surface area contributed by atoms with Gasteiger partial charge < -0.3 is 5.32 Å². The van der Waals surface area contributed by atoms with E-state index in [0.717, 1.165) is 26.1 Å². The second-order valence-corrected chi connectivity index (χ2v) is 6.96. The quantitative estimate of drug-likeness (QED) is 0.712. The van der Waals surface area contributed by atoms with Crippen molar-refractivity contribution in [1.82, 2.24) is 29.5 Å². The Morgan fingerprint density at radius 3 is 2.93 bits per heavy atom. The topological polar surface area (TPSA) is 85.0 Å². The molecule has 1 saturated heterocycles. The van der Waals surface area contributed by atoms with Gasteiger partial charge in [-0.25, -0.2) is 4.98 Å². The fourth-order valence-electron chi connectivity index (χ4n) is 3.54. The molecule has 0 aliphatic carbocycles. The lowest BCUT2D eigenvalue weighted by Crippen LogP contribution is -2.40. The van der Waals surface area contributed by atoms with Gasteiger partial charge >= 0.3 is 0 Å². The molecule has 4 rings (SSSR count). The Bertz CT molecular complexity index is 1010. The maximum atomic E-state index is 12.5. The van der Waals surface area contributed by atoms with Gasteiger partial charge in [0.1, 0.15) is 18.3 Å². The van der Waals surface area contributed by atoms with Crippen LogP contribution >= 0.6 is 0 Å². The normalized spacial score (nSPS) is 17.4. The highest BCUT2D eigenvalue weighted by Gasteiger charge is 2.24. The molecule has 0 radical (unpaired) electrons. The van der Waals surface area contributed by atoms with Crippen LogP contribution in [0, 0.1) is 0 Å². The van der Waals surface area contributed by atoms with Crippen molar-refractivity contribution in [1.29, 1.82) is 0 Å². The Morgan fingerprint density at radius 1 is 1.30 bits per heavy atom. The fraction of sp³-hybridized carbons (Fsp3) is 0.368. The SMILES string of the molecule is Cn1ncc2c(=O)n(CC(=O)N[C@H]3CCN(Cc4ccccc4)C3)cnc21. The van der Waals surface area contributed by atoms with Crippen molar-refractivity contribution in [2.45, 2.75) is 25.6 Å². The maximum Gasteiger partial charge on any atom is 0.264 e. The van der Waals surface area contributed by atoms with Crippen molar-refractivity contribution in [2.75, 3.05) is 13.1 Å². The monoisotopic (exact) mass is 366 g/mol. The number of nitrogens with zero attached hydrogens (tertiary/aromatic N) is 5. The lowest BCUT2D eigenvalue weighted by molar-refractivity contribution is -0.122. The van der Waals surface area contributed by atoms with Crippen LogP contribution in [0.2, 0.25) is 0 Å². The van der Waals surface area contributed by atoms with Crippen LogP contribution in [0.1, 0.15) is 12.0 Å². The molecule has 3 heterocycles. The van der Waals surface area contributed by atoms with Gasteiger partial charge in [-0.1, -0.05) is 30.3 Å². The molecule has 1 atom stereocenters. The molecule has 1 N–H and O–H groups in total. The predicted octanol–water partition coefficient (Wildman–Crippen LogP) is 0.521. The molecule has 0 unspecified atom stereocenters. The van der Waals surface area contributed by atoms with E-state index in [9.17, 15) is 9.59 Å². The summed E-state index contributed by atoms with van der Waals surface area (Å²) in [5.74, 6) is -0.172. The molecule has 2 aromatic heterocycles. The zero-order chi connectivity index (χ0) is 18.8. The summed E-state index contributed by atoms with van der Waals surface area (Å²) in [6.45, 7) is 2.61. The predicted molar refractivity (Wildman–Crippen MR) is 101 cm³/mol.